The summed E-state index contributed by atoms with van der Waals surface area (Å²) in [7, 11) is 0. The van der Waals surface area contributed by atoms with Gasteiger partial charge in [0, 0.05) is 26.3 Å². The summed E-state index contributed by atoms with van der Waals surface area (Å²) in [4.78, 5) is 10.9. The van der Waals surface area contributed by atoms with Gasteiger partial charge in [-0.25, -0.2) is 9.48 Å². The van der Waals surface area contributed by atoms with Gasteiger partial charge in [0.15, 0.2) is 5.69 Å². The number of hydrogen-bond acceptors (Lipinski definition) is 5. The minimum absolute atomic E-state index is 0.0421. The van der Waals surface area contributed by atoms with Crippen LogP contribution in [0.15, 0.2) is 0 Å². The summed E-state index contributed by atoms with van der Waals surface area (Å²) >= 11 is 0. The van der Waals surface area contributed by atoms with E-state index in [-0.39, 0.29) is 12.2 Å². The molecule has 0 aliphatic carbocycles. The van der Waals surface area contributed by atoms with Crippen LogP contribution in [0.1, 0.15) is 29.0 Å². The highest BCUT2D eigenvalue weighted by Crippen LogP contribution is 2.18. The van der Waals surface area contributed by atoms with E-state index < -0.39 is 5.97 Å². The van der Waals surface area contributed by atoms with Crippen LogP contribution in [-0.4, -0.2) is 39.3 Å². The zero-order valence-corrected chi connectivity index (χ0v) is 9.50. The average molecular weight is 240 g/mol. The van der Waals surface area contributed by atoms with Crippen molar-refractivity contribution in [3.63, 3.8) is 0 Å². The molecule has 2 heterocycles. The fraction of sp³-hybridized carbons (Fsp3) is 0.700. The molecule has 0 unspecified atom stereocenters. The molecule has 0 bridgehead atoms. The number of aromatic carboxylic acids is 1. The van der Waals surface area contributed by atoms with E-state index in [0.717, 1.165) is 26.1 Å². The topological polar surface area (TPSA) is 103 Å². The van der Waals surface area contributed by atoms with Crippen LogP contribution in [0.4, 0.5) is 0 Å². The van der Waals surface area contributed by atoms with Crippen molar-refractivity contribution < 1.29 is 14.6 Å². The number of rotatable bonds is 4. The van der Waals surface area contributed by atoms with Crippen molar-refractivity contribution in [2.24, 2.45) is 11.7 Å². The second-order valence-corrected chi connectivity index (χ2v) is 4.13. The van der Waals surface area contributed by atoms with Gasteiger partial charge < -0.3 is 15.6 Å². The molecule has 7 nitrogen and oxygen atoms in total. The standard InChI is InChI=1S/C10H16N4O3/c11-5-8-9(10(15)16)12-13-14(8)6-7-1-3-17-4-2-7/h7H,1-6,11H2,(H,15,16). The predicted octanol–water partition coefficient (Wildman–Crippen LogP) is -0.138. The highest BCUT2D eigenvalue weighted by Gasteiger charge is 2.21. The quantitative estimate of drug-likeness (QED) is 0.759. The van der Waals surface area contributed by atoms with E-state index in [1.54, 1.807) is 4.68 Å². The summed E-state index contributed by atoms with van der Waals surface area (Å²) in [5.74, 6) is -0.624. The van der Waals surface area contributed by atoms with Gasteiger partial charge in [-0.1, -0.05) is 5.21 Å². The van der Waals surface area contributed by atoms with Crippen LogP contribution in [0.5, 0.6) is 0 Å². The van der Waals surface area contributed by atoms with Crippen LogP contribution in [0, 0.1) is 5.92 Å². The summed E-state index contributed by atoms with van der Waals surface area (Å²) in [6.45, 7) is 2.31. The van der Waals surface area contributed by atoms with Gasteiger partial charge in [-0.15, -0.1) is 5.10 Å². The van der Waals surface area contributed by atoms with Gasteiger partial charge in [0.1, 0.15) is 0 Å². The lowest BCUT2D eigenvalue weighted by atomic mass is 10.0. The fourth-order valence-corrected chi connectivity index (χ4v) is 2.02. The van der Waals surface area contributed by atoms with Gasteiger partial charge in [-0.2, -0.15) is 0 Å². The Labute approximate surface area is 98.5 Å². The van der Waals surface area contributed by atoms with Gasteiger partial charge in [0.05, 0.1) is 5.69 Å². The zero-order valence-electron chi connectivity index (χ0n) is 9.50. The molecule has 1 aliphatic rings. The lowest BCUT2D eigenvalue weighted by molar-refractivity contribution is 0.0596. The third kappa shape index (κ3) is 2.62. The molecule has 0 saturated carbocycles. The van der Waals surface area contributed by atoms with E-state index in [0.29, 0.717) is 18.2 Å². The fourth-order valence-electron chi connectivity index (χ4n) is 2.02. The van der Waals surface area contributed by atoms with Crippen LogP contribution < -0.4 is 5.73 Å². The first-order valence-corrected chi connectivity index (χ1v) is 5.66. The number of aromatic nitrogens is 3. The van der Waals surface area contributed by atoms with Gasteiger partial charge in [0.2, 0.25) is 0 Å². The first kappa shape index (κ1) is 12.0. The number of ether oxygens (including phenoxy) is 1. The number of hydrogen-bond donors (Lipinski definition) is 2. The Kier molecular flexibility index (Phi) is 3.70. The molecule has 0 amide bonds. The minimum Gasteiger partial charge on any atom is -0.476 e. The van der Waals surface area contributed by atoms with Gasteiger partial charge in [0.25, 0.3) is 0 Å². The highest BCUT2D eigenvalue weighted by molar-refractivity contribution is 5.86. The lowest BCUT2D eigenvalue weighted by Gasteiger charge is -2.22. The summed E-state index contributed by atoms with van der Waals surface area (Å²) < 4.78 is 6.88. The maximum absolute atomic E-state index is 10.9. The van der Waals surface area contributed by atoms with Crippen molar-refractivity contribution in [1.29, 1.82) is 0 Å². The Morgan fingerprint density at radius 2 is 2.24 bits per heavy atom. The molecule has 2 rings (SSSR count). The SMILES string of the molecule is NCc1c(C(=O)O)nnn1CC1CCOCC1. The van der Waals surface area contributed by atoms with Crippen molar-refractivity contribution >= 4 is 5.97 Å². The molecule has 94 valence electrons. The highest BCUT2D eigenvalue weighted by atomic mass is 16.5. The van der Waals surface area contributed by atoms with Crippen LogP contribution >= 0.6 is 0 Å². The van der Waals surface area contributed by atoms with E-state index in [1.165, 1.54) is 0 Å². The lowest BCUT2D eigenvalue weighted by Crippen LogP contribution is -2.23. The third-order valence-electron chi connectivity index (χ3n) is 3.01. The van der Waals surface area contributed by atoms with Gasteiger partial charge in [-0.05, 0) is 18.8 Å². The van der Waals surface area contributed by atoms with E-state index >= 15 is 0 Å². The number of carboxylic acid groups (broad SMARTS) is 1. The number of carbonyl (C=O) groups is 1. The summed E-state index contributed by atoms with van der Waals surface area (Å²) in [5.41, 5.74) is 6.00. The van der Waals surface area contributed by atoms with E-state index in [9.17, 15) is 4.79 Å². The summed E-state index contributed by atoms with van der Waals surface area (Å²) in [6, 6.07) is 0. The maximum atomic E-state index is 10.9. The van der Waals surface area contributed by atoms with Crippen molar-refractivity contribution in [1.82, 2.24) is 15.0 Å². The normalized spacial score (nSPS) is 17.2. The first-order valence-electron chi connectivity index (χ1n) is 5.66. The molecule has 0 spiro atoms. The van der Waals surface area contributed by atoms with Crippen LogP contribution in [0.2, 0.25) is 0 Å². The Morgan fingerprint density at radius 3 is 2.82 bits per heavy atom. The molecule has 17 heavy (non-hydrogen) atoms. The number of nitrogens with zero attached hydrogens (tertiary/aromatic N) is 3. The third-order valence-corrected chi connectivity index (χ3v) is 3.01. The monoisotopic (exact) mass is 240 g/mol. The largest absolute Gasteiger partial charge is 0.476 e. The predicted molar refractivity (Wildman–Crippen MR) is 58.4 cm³/mol. The van der Waals surface area contributed by atoms with Crippen molar-refractivity contribution in [2.75, 3.05) is 13.2 Å². The molecule has 3 N–H and O–H groups in total. The second kappa shape index (κ2) is 5.24. The zero-order chi connectivity index (χ0) is 12.3. The van der Waals surface area contributed by atoms with Gasteiger partial charge in [-0.3, -0.25) is 0 Å². The summed E-state index contributed by atoms with van der Waals surface area (Å²) in [5, 5.41) is 16.4. The Balaban J connectivity index is 2.12. The molecule has 1 aromatic heterocycles. The summed E-state index contributed by atoms with van der Waals surface area (Å²) in [6.07, 6.45) is 1.93. The van der Waals surface area contributed by atoms with Crippen molar-refractivity contribution in [2.45, 2.75) is 25.9 Å². The Bertz CT molecular complexity index is 398. The molecule has 1 aromatic rings. The molecular weight excluding hydrogens is 224 g/mol. The smallest absolute Gasteiger partial charge is 0.358 e. The maximum Gasteiger partial charge on any atom is 0.358 e. The first-order chi connectivity index (χ1) is 8.22. The van der Waals surface area contributed by atoms with E-state index in [2.05, 4.69) is 10.3 Å². The molecule has 0 aromatic carbocycles. The molecule has 7 heteroatoms. The second-order valence-electron chi connectivity index (χ2n) is 4.13. The number of carboxylic acids is 1. The van der Waals surface area contributed by atoms with Crippen LogP contribution in [0.25, 0.3) is 0 Å². The van der Waals surface area contributed by atoms with E-state index in [1.807, 2.05) is 0 Å². The molecule has 1 fully saturated rings. The van der Waals surface area contributed by atoms with Crippen LogP contribution in [-0.2, 0) is 17.8 Å². The Morgan fingerprint density at radius 1 is 1.53 bits per heavy atom. The van der Waals surface area contributed by atoms with Crippen LogP contribution in [0.3, 0.4) is 0 Å². The van der Waals surface area contributed by atoms with Gasteiger partial charge >= 0.3 is 5.97 Å². The molecular formula is C10H16N4O3. The van der Waals surface area contributed by atoms with E-state index in [4.69, 9.17) is 15.6 Å². The molecule has 1 aliphatic heterocycles. The molecule has 0 radical (unpaired) electrons. The van der Waals surface area contributed by atoms with Crippen molar-refractivity contribution in [3.8, 4) is 0 Å². The average Bonchev–Trinajstić information content (AvgIpc) is 2.73. The molecule has 0 atom stereocenters. The number of nitrogens with two attached hydrogens (primary N) is 1. The Hall–Kier alpha value is -1.47. The minimum atomic E-state index is -1.08. The van der Waals surface area contributed by atoms with Crippen molar-refractivity contribution in [3.05, 3.63) is 11.4 Å². The molecule has 1 saturated heterocycles.